The van der Waals surface area contributed by atoms with Crippen molar-refractivity contribution in [3.63, 3.8) is 0 Å². The standard InChI is InChI=1S/C55H35N7/c56-36-37-16-13-26-44(32-37)49-35-43(42-25-14-28-46(33-42)54-59-50(38-17-5-1-6-18-38)57-51(60-54)39-19-7-2-8-20-39)30-31-48(49)45-27-15-29-47(34-45)55-61-52(40-21-9-3-10-22-40)58-53(62-55)41-23-11-4-12-24-41/h1-35H. The van der Waals surface area contributed by atoms with Crippen molar-refractivity contribution in [1.82, 2.24) is 29.9 Å². The summed E-state index contributed by atoms with van der Waals surface area (Å²) >= 11 is 0. The molecule has 0 fully saturated rings. The molecule has 0 bridgehead atoms. The molecule has 0 amide bonds. The van der Waals surface area contributed by atoms with E-state index >= 15 is 0 Å². The van der Waals surface area contributed by atoms with E-state index in [4.69, 9.17) is 29.9 Å². The van der Waals surface area contributed by atoms with Gasteiger partial charge in [-0.3, -0.25) is 0 Å². The van der Waals surface area contributed by atoms with Crippen LogP contribution in [0, 0.1) is 11.3 Å². The van der Waals surface area contributed by atoms with E-state index in [1.165, 1.54) is 0 Å². The molecule has 2 heterocycles. The predicted octanol–water partition coefficient (Wildman–Crippen LogP) is 12.9. The van der Waals surface area contributed by atoms with Gasteiger partial charge in [-0.1, -0.05) is 182 Å². The van der Waals surface area contributed by atoms with Crippen molar-refractivity contribution in [3.8, 4) is 108 Å². The van der Waals surface area contributed by atoms with Crippen molar-refractivity contribution in [3.05, 3.63) is 218 Å². The fourth-order valence-electron chi connectivity index (χ4n) is 7.51. The van der Waals surface area contributed by atoms with Crippen LogP contribution < -0.4 is 0 Å². The maximum absolute atomic E-state index is 9.94. The SMILES string of the molecule is N#Cc1cccc(-c2cc(-c3cccc(-c4nc(-c5ccccc5)nc(-c5ccccc5)n4)c3)ccc2-c2cccc(-c3nc(-c4ccccc4)nc(-c4ccccc4)n3)c2)c1. The molecule has 0 aliphatic carbocycles. The van der Waals surface area contributed by atoms with Crippen molar-refractivity contribution in [2.75, 3.05) is 0 Å². The average Bonchev–Trinajstić information content (AvgIpc) is 3.37. The maximum Gasteiger partial charge on any atom is 0.164 e. The highest BCUT2D eigenvalue weighted by atomic mass is 15.0. The fraction of sp³-hybridized carbons (Fsp3) is 0. The lowest BCUT2D eigenvalue weighted by atomic mass is 9.89. The van der Waals surface area contributed by atoms with Crippen LogP contribution in [0.25, 0.3) is 102 Å². The Morgan fingerprint density at radius 3 is 1.00 bits per heavy atom. The second-order valence-corrected chi connectivity index (χ2v) is 14.7. The van der Waals surface area contributed by atoms with Gasteiger partial charge in [0.05, 0.1) is 11.6 Å². The lowest BCUT2D eigenvalue weighted by molar-refractivity contribution is 1.07. The lowest BCUT2D eigenvalue weighted by Gasteiger charge is -2.15. The summed E-state index contributed by atoms with van der Waals surface area (Å²) in [5.74, 6) is 3.58. The molecule has 7 nitrogen and oxygen atoms in total. The van der Waals surface area contributed by atoms with Gasteiger partial charge >= 0.3 is 0 Å². The second kappa shape index (κ2) is 16.9. The van der Waals surface area contributed by atoms with Crippen molar-refractivity contribution in [2.24, 2.45) is 0 Å². The molecule has 8 aromatic carbocycles. The molecule has 0 aliphatic heterocycles. The van der Waals surface area contributed by atoms with Crippen LogP contribution in [0.2, 0.25) is 0 Å². The van der Waals surface area contributed by atoms with E-state index in [1.807, 2.05) is 164 Å². The van der Waals surface area contributed by atoms with Gasteiger partial charge in [0.2, 0.25) is 0 Å². The first kappa shape index (κ1) is 37.5. The van der Waals surface area contributed by atoms with E-state index in [0.29, 0.717) is 40.5 Å². The molecule has 62 heavy (non-hydrogen) atoms. The van der Waals surface area contributed by atoms with Gasteiger partial charge in [0, 0.05) is 33.4 Å². The smallest absolute Gasteiger partial charge is 0.164 e. The zero-order valence-electron chi connectivity index (χ0n) is 33.3. The van der Waals surface area contributed by atoms with Gasteiger partial charge in [-0.05, 0) is 63.7 Å². The summed E-state index contributed by atoms with van der Waals surface area (Å²) in [6.45, 7) is 0. The molecule has 2 aromatic heterocycles. The normalized spacial score (nSPS) is 10.9. The topological polar surface area (TPSA) is 101 Å². The molecular formula is C55H35N7. The molecular weight excluding hydrogens is 759 g/mol. The molecule has 7 heteroatoms. The number of hydrogen-bond acceptors (Lipinski definition) is 7. The minimum Gasteiger partial charge on any atom is -0.208 e. The van der Waals surface area contributed by atoms with Crippen LogP contribution in [0.4, 0.5) is 0 Å². The third-order valence-electron chi connectivity index (χ3n) is 10.6. The van der Waals surface area contributed by atoms with Crippen LogP contribution in [0.15, 0.2) is 212 Å². The van der Waals surface area contributed by atoms with Crippen LogP contribution in [0.5, 0.6) is 0 Å². The Morgan fingerprint density at radius 1 is 0.242 bits per heavy atom. The van der Waals surface area contributed by atoms with E-state index in [9.17, 15) is 5.26 Å². The molecule has 10 rings (SSSR count). The van der Waals surface area contributed by atoms with Crippen LogP contribution in [-0.4, -0.2) is 29.9 Å². The maximum atomic E-state index is 9.94. The second-order valence-electron chi connectivity index (χ2n) is 14.7. The van der Waals surface area contributed by atoms with Gasteiger partial charge in [-0.2, -0.15) is 5.26 Å². The number of aromatic nitrogens is 6. The fourth-order valence-corrected chi connectivity index (χ4v) is 7.51. The van der Waals surface area contributed by atoms with E-state index in [-0.39, 0.29) is 0 Å². The van der Waals surface area contributed by atoms with Crippen LogP contribution in [0.3, 0.4) is 0 Å². The molecule has 0 unspecified atom stereocenters. The van der Waals surface area contributed by atoms with Crippen LogP contribution in [0.1, 0.15) is 5.56 Å². The number of nitrogens with zero attached hydrogens (tertiary/aromatic N) is 7. The number of benzene rings is 8. The summed E-state index contributed by atoms with van der Waals surface area (Å²) in [6.07, 6.45) is 0. The molecule has 0 atom stereocenters. The summed E-state index contributed by atoms with van der Waals surface area (Å²) in [4.78, 5) is 29.7. The first-order valence-electron chi connectivity index (χ1n) is 20.3. The van der Waals surface area contributed by atoms with Crippen molar-refractivity contribution >= 4 is 0 Å². The highest BCUT2D eigenvalue weighted by Crippen LogP contribution is 2.38. The predicted molar refractivity (Wildman–Crippen MR) is 247 cm³/mol. The highest BCUT2D eigenvalue weighted by molar-refractivity contribution is 5.89. The third kappa shape index (κ3) is 7.87. The minimum atomic E-state index is 0.574. The Morgan fingerprint density at radius 2 is 0.565 bits per heavy atom. The third-order valence-corrected chi connectivity index (χ3v) is 10.6. The quantitative estimate of drug-likeness (QED) is 0.143. The summed E-state index contributed by atoms with van der Waals surface area (Å²) in [5, 5.41) is 9.94. The first-order valence-corrected chi connectivity index (χ1v) is 20.3. The molecule has 0 N–H and O–H groups in total. The molecule has 10 aromatic rings. The molecule has 0 radical (unpaired) electrons. The molecule has 0 saturated carbocycles. The largest absolute Gasteiger partial charge is 0.208 e. The summed E-state index contributed by atoms with van der Waals surface area (Å²) in [7, 11) is 0. The Labute approximate surface area is 359 Å². The lowest BCUT2D eigenvalue weighted by Crippen LogP contribution is -2.00. The van der Waals surface area contributed by atoms with E-state index in [1.54, 1.807) is 0 Å². The average molecular weight is 794 g/mol. The van der Waals surface area contributed by atoms with E-state index in [0.717, 1.165) is 66.8 Å². The van der Waals surface area contributed by atoms with Gasteiger partial charge in [0.15, 0.2) is 34.9 Å². The van der Waals surface area contributed by atoms with Gasteiger partial charge in [0.1, 0.15) is 0 Å². The molecule has 0 saturated heterocycles. The molecule has 0 aliphatic rings. The number of rotatable bonds is 9. The van der Waals surface area contributed by atoms with Crippen molar-refractivity contribution in [1.29, 1.82) is 5.26 Å². The Bertz CT molecular complexity index is 3120. The Kier molecular flexibility index (Phi) is 10.2. The monoisotopic (exact) mass is 793 g/mol. The summed E-state index contributed by atoms with van der Waals surface area (Å²) < 4.78 is 0. The number of nitriles is 1. The zero-order chi connectivity index (χ0) is 41.7. The Balaban J connectivity index is 1.08. The molecule has 0 spiro atoms. The first-order chi connectivity index (χ1) is 30.6. The van der Waals surface area contributed by atoms with Gasteiger partial charge < -0.3 is 0 Å². The summed E-state index contributed by atoms with van der Waals surface area (Å²) in [6, 6.07) is 73.1. The van der Waals surface area contributed by atoms with Crippen molar-refractivity contribution in [2.45, 2.75) is 0 Å². The number of hydrogen-bond donors (Lipinski definition) is 0. The van der Waals surface area contributed by atoms with Gasteiger partial charge in [-0.15, -0.1) is 0 Å². The van der Waals surface area contributed by atoms with E-state index < -0.39 is 0 Å². The van der Waals surface area contributed by atoms with Crippen molar-refractivity contribution < 1.29 is 0 Å². The van der Waals surface area contributed by atoms with Gasteiger partial charge in [-0.25, -0.2) is 29.9 Å². The van der Waals surface area contributed by atoms with E-state index in [2.05, 4.69) is 54.6 Å². The molecule has 290 valence electrons. The minimum absolute atomic E-state index is 0.574. The Hall–Kier alpha value is -8.73. The van der Waals surface area contributed by atoms with Gasteiger partial charge in [0.25, 0.3) is 0 Å². The summed E-state index contributed by atoms with van der Waals surface area (Å²) in [5.41, 5.74) is 11.8. The highest BCUT2D eigenvalue weighted by Gasteiger charge is 2.17. The van der Waals surface area contributed by atoms with Crippen LogP contribution >= 0.6 is 0 Å². The van der Waals surface area contributed by atoms with Crippen LogP contribution in [-0.2, 0) is 0 Å². The zero-order valence-corrected chi connectivity index (χ0v) is 33.3.